The van der Waals surface area contributed by atoms with Gasteiger partial charge in [-0.15, -0.1) is 0 Å². The van der Waals surface area contributed by atoms with Crippen LogP contribution < -0.4 is 10.6 Å². The van der Waals surface area contributed by atoms with E-state index < -0.39 is 11.4 Å². The van der Waals surface area contributed by atoms with Crippen LogP contribution >= 0.6 is 11.6 Å². The van der Waals surface area contributed by atoms with E-state index in [1.165, 1.54) is 18.6 Å². The molecule has 0 spiro atoms. The van der Waals surface area contributed by atoms with Gasteiger partial charge in [0.05, 0.1) is 28.7 Å². The minimum atomic E-state index is -0.526. The van der Waals surface area contributed by atoms with Crippen molar-refractivity contribution in [3.63, 3.8) is 0 Å². The zero-order valence-corrected chi connectivity index (χ0v) is 16.1. The number of rotatable bonds is 5. The molecule has 0 aliphatic heterocycles. The molecule has 146 valence electrons. The van der Waals surface area contributed by atoms with Crippen molar-refractivity contribution in [2.24, 2.45) is 0 Å². The Bertz CT molecular complexity index is 1020. The topological polar surface area (TPSA) is 110 Å². The van der Waals surface area contributed by atoms with Crippen LogP contribution in [-0.4, -0.2) is 31.8 Å². The average Bonchev–Trinajstić information content (AvgIpc) is 2.72. The molecule has 3 heterocycles. The Labute approximate surface area is 171 Å². The van der Waals surface area contributed by atoms with Gasteiger partial charge in [0.2, 0.25) is 5.82 Å². The molecule has 3 aromatic rings. The van der Waals surface area contributed by atoms with Gasteiger partial charge >= 0.3 is 0 Å². The predicted molar refractivity (Wildman–Crippen MR) is 106 cm³/mol. The summed E-state index contributed by atoms with van der Waals surface area (Å²) in [6, 6.07) is 8.41. The van der Waals surface area contributed by atoms with Crippen molar-refractivity contribution in [1.29, 1.82) is 0 Å². The molecule has 29 heavy (non-hydrogen) atoms. The van der Waals surface area contributed by atoms with E-state index in [0.29, 0.717) is 16.4 Å². The van der Waals surface area contributed by atoms with Crippen LogP contribution in [0.4, 0.5) is 5.69 Å². The highest BCUT2D eigenvalue weighted by molar-refractivity contribution is 6.29. The Morgan fingerprint density at radius 3 is 2.31 bits per heavy atom. The molecule has 0 unspecified atom stereocenters. The van der Waals surface area contributed by atoms with E-state index in [0.717, 1.165) is 25.0 Å². The van der Waals surface area contributed by atoms with Gasteiger partial charge in [-0.1, -0.05) is 11.6 Å². The van der Waals surface area contributed by atoms with Gasteiger partial charge in [-0.25, -0.2) is 15.0 Å². The fraction of sp³-hybridized carbons (Fsp3) is 0.200. The number of carbonyl (C=O) groups excluding carboxylic acids is 2. The number of amides is 2. The molecule has 0 atom stereocenters. The first-order chi connectivity index (χ1) is 14.1. The highest BCUT2D eigenvalue weighted by Gasteiger charge is 2.41. The van der Waals surface area contributed by atoms with Crippen molar-refractivity contribution < 1.29 is 9.59 Å². The highest BCUT2D eigenvalue weighted by Crippen LogP contribution is 2.40. The molecule has 1 aliphatic carbocycles. The number of nitrogens with one attached hydrogen (secondary N) is 2. The van der Waals surface area contributed by atoms with Crippen molar-refractivity contribution in [3.8, 4) is 0 Å². The lowest BCUT2D eigenvalue weighted by atomic mass is 9.74. The molecule has 0 aromatic carbocycles. The monoisotopic (exact) mass is 408 g/mol. The normalized spacial score (nSPS) is 14.5. The molecule has 1 aliphatic rings. The fourth-order valence-corrected chi connectivity index (χ4v) is 3.24. The first-order valence-corrected chi connectivity index (χ1v) is 9.42. The van der Waals surface area contributed by atoms with Crippen molar-refractivity contribution in [2.75, 3.05) is 5.32 Å². The van der Waals surface area contributed by atoms with E-state index in [4.69, 9.17) is 11.6 Å². The second-order valence-corrected chi connectivity index (χ2v) is 7.11. The molecule has 3 aromatic heterocycles. The van der Waals surface area contributed by atoms with Crippen molar-refractivity contribution in [2.45, 2.75) is 24.8 Å². The summed E-state index contributed by atoms with van der Waals surface area (Å²) in [4.78, 5) is 41.0. The second-order valence-electron chi connectivity index (χ2n) is 6.72. The highest BCUT2D eigenvalue weighted by atomic mass is 35.5. The van der Waals surface area contributed by atoms with Crippen LogP contribution in [0.25, 0.3) is 0 Å². The number of aromatic nitrogens is 4. The number of pyridine rings is 2. The van der Waals surface area contributed by atoms with Gasteiger partial charge in [0.15, 0.2) is 0 Å². The number of carbonyl (C=O) groups is 2. The van der Waals surface area contributed by atoms with Crippen LogP contribution in [0.15, 0.2) is 55.1 Å². The van der Waals surface area contributed by atoms with Gasteiger partial charge in [-0.2, -0.15) is 0 Å². The van der Waals surface area contributed by atoms with Gasteiger partial charge in [-0.3, -0.25) is 14.6 Å². The summed E-state index contributed by atoms with van der Waals surface area (Å²) in [5.74, 6) is -0.563. The zero-order valence-electron chi connectivity index (χ0n) is 15.3. The molecule has 0 radical (unpaired) electrons. The average molecular weight is 409 g/mol. The maximum Gasteiger partial charge on any atom is 0.293 e. The maximum absolute atomic E-state index is 12.6. The van der Waals surface area contributed by atoms with Crippen LogP contribution in [0.2, 0.25) is 5.15 Å². The molecule has 2 N–H and O–H groups in total. The molecule has 4 rings (SSSR count). The van der Waals surface area contributed by atoms with Gasteiger partial charge < -0.3 is 10.6 Å². The maximum atomic E-state index is 12.6. The van der Waals surface area contributed by atoms with E-state index >= 15 is 0 Å². The minimum absolute atomic E-state index is 0.0795. The smallest absolute Gasteiger partial charge is 0.293 e. The Morgan fingerprint density at radius 2 is 1.72 bits per heavy atom. The number of hydrogen-bond acceptors (Lipinski definition) is 6. The molecule has 2 amide bonds. The molecule has 8 nitrogen and oxygen atoms in total. The van der Waals surface area contributed by atoms with E-state index in [2.05, 4.69) is 30.6 Å². The quantitative estimate of drug-likeness (QED) is 0.628. The lowest BCUT2D eigenvalue weighted by molar-refractivity contribution is 0.0816. The van der Waals surface area contributed by atoms with Crippen LogP contribution in [0.3, 0.4) is 0 Å². The first kappa shape index (κ1) is 18.9. The Morgan fingerprint density at radius 1 is 0.931 bits per heavy atom. The van der Waals surface area contributed by atoms with Crippen molar-refractivity contribution in [3.05, 3.63) is 77.4 Å². The van der Waals surface area contributed by atoms with Crippen molar-refractivity contribution in [1.82, 2.24) is 25.3 Å². The Hall–Kier alpha value is -3.39. The van der Waals surface area contributed by atoms with Crippen molar-refractivity contribution >= 4 is 29.1 Å². The molecule has 1 saturated carbocycles. The van der Waals surface area contributed by atoms with Crippen LogP contribution in [0, 0.1) is 0 Å². The second kappa shape index (κ2) is 7.92. The van der Waals surface area contributed by atoms with Gasteiger partial charge in [-0.05, 0) is 49.6 Å². The first-order valence-electron chi connectivity index (χ1n) is 9.05. The third kappa shape index (κ3) is 4.07. The van der Waals surface area contributed by atoms with Crippen LogP contribution in [0.5, 0.6) is 0 Å². The Kier molecular flexibility index (Phi) is 5.18. The van der Waals surface area contributed by atoms with Gasteiger partial charge in [0, 0.05) is 18.6 Å². The molecular weight excluding hydrogens is 392 g/mol. The number of anilines is 1. The van der Waals surface area contributed by atoms with Crippen LogP contribution in [-0.2, 0) is 5.54 Å². The summed E-state index contributed by atoms with van der Waals surface area (Å²) >= 11 is 5.78. The number of halogens is 1. The summed E-state index contributed by atoms with van der Waals surface area (Å²) in [5.41, 5.74) is 1.18. The summed E-state index contributed by atoms with van der Waals surface area (Å²) < 4.78 is 0. The summed E-state index contributed by atoms with van der Waals surface area (Å²) in [6.07, 6.45) is 8.58. The van der Waals surface area contributed by atoms with Crippen LogP contribution in [0.1, 0.15) is 45.9 Å². The summed E-state index contributed by atoms with van der Waals surface area (Å²) in [7, 11) is 0. The molecule has 0 bridgehead atoms. The standard InChI is InChI=1S/C20H17ClN6O2/c21-16-6-3-13(11-25-16)18(28)27-20(7-1-8-20)15-5-4-14(12-24-15)26-19(29)17-22-9-2-10-23-17/h2-6,9-12H,1,7-8H2,(H,26,29)(H,27,28). The van der Waals surface area contributed by atoms with Gasteiger partial charge in [0.25, 0.3) is 11.8 Å². The number of hydrogen-bond donors (Lipinski definition) is 2. The third-order valence-electron chi connectivity index (χ3n) is 4.83. The lowest BCUT2D eigenvalue weighted by Gasteiger charge is -2.42. The summed E-state index contributed by atoms with van der Waals surface area (Å²) in [6.45, 7) is 0. The van der Waals surface area contributed by atoms with E-state index in [9.17, 15) is 9.59 Å². The van der Waals surface area contributed by atoms with E-state index in [1.54, 1.807) is 36.5 Å². The van der Waals surface area contributed by atoms with E-state index in [1.807, 2.05) is 0 Å². The number of nitrogens with zero attached hydrogens (tertiary/aromatic N) is 4. The van der Waals surface area contributed by atoms with E-state index in [-0.39, 0.29) is 11.7 Å². The lowest BCUT2D eigenvalue weighted by Crippen LogP contribution is -2.51. The summed E-state index contributed by atoms with van der Waals surface area (Å²) in [5, 5.41) is 6.12. The molecule has 0 saturated heterocycles. The largest absolute Gasteiger partial charge is 0.341 e. The molecule has 1 fully saturated rings. The minimum Gasteiger partial charge on any atom is -0.341 e. The zero-order chi connectivity index (χ0) is 20.3. The molecular formula is C20H17ClN6O2. The Balaban J connectivity index is 1.47. The van der Waals surface area contributed by atoms with Gasteiger partial charge in [0.1, 0.15) is 5.15 Å². The third-order valence-corrected chi connectivity index (χ3v) is 5.05. The SMILES string of the molecule is O=C(NC1(c2ccc(NC(=O)c3ncccn3)cn2)CCC1)c1ccc(Cl)nc1. The predicted octanol–water partition coefficient (Wildman–Crippen LogP) is 2.98. The fourth-order valence-electron chi connectivity index (χ4n) is 3.13. The molecule has 9 heteroatoms.